The molecule has 0 fully saturated rings. The second kappa shape index (κ2) is 4.22. The standard InChI is InChI=1S/C4H5N3O3/c1-3(8)10-7-4(9)2-6-5/h2H,1H3,(H,7,9). The summed E-state index contributed by atoms with van der Waals surface area (Å²) in [6, 6.07) is 0. The maximum absolute atomic E-state index is 10.2. The van der Waals surface area contributed by atoms with Crippen molar-refractivity contribution in [2.24, 2.45) is 0 Å². The molecule has 0 heterocycles. The molecule has 0 unspecified atom stereocenters. The van der Waals surface area contributed by atoms with Crippen molar-refractivity contribution in [1.29, 1.82) is 0 Å². The van der Waals surface area contributed by atoms with Gasteiger partial charge in [0.05, 0.1) is 0 Å². The van der Waals surface area contributed by atoms with Gasteiger partial charge in [-0.2, -0.15) is 10.3 Å². The number of hydroxylamine groups is 1. The van der Waals surface area contributed by atoms with Crippen LogP contribution in [0.5, 0.6) is 0 Å². The van der Waals surface area contributed by atoms with Crippen LogP contribution in [-0.2, 0) is 14.4 Å². The van der Waals surface area contributed by atoms with Gasteiger partial charge >= 0.3 is 18.1 Å². The van der Waals surface area contributed by atoms with Crippen molar-refractivity contribution in [3.63, 3.8) is 0 Å². The first-order valence-corrected chi connectivity index (χ1v) is 2.31. The van der Waals surface area contributed by atoms with Crippen LogP contribution in [-0.4, -0.2) is 22.9 Å². The van der Waals surface area contributed by atoms with Gasteiger partial charge in [0, 0.05) is 6.92 Å². The average molecular weight is 143 g/mol. The van der Waals surface area contributed by atoms with Crippen molar-refractivity contribution >= 4 is 18.1 Å². The molecule has 0 aromatic rings. The first kappa shape index (κ1) is 8.32. The van der Waals surface area contributed by atoms with E-state index in [0.29, 0.717) is 6.21 Å². The minimum absolute atomic E-state index is 0.558. The Morgan fingerprint density at radius 3 is 2.70 bits per heavy atom. The summed E-state index contributed by atoms with van der Waals surface area (Å²) in [6.07, 6.45) is 0.558. The third kappa shape index (κ3) is 4.48. The third-order valence-corrected chi connectivity index (χ3v) is 0.470. The van der Waals surface area contributed by atoms with Crippen LogP contribution >= 0.6 is 0 Å². The molecule has 0 atom stereocenters. The van der Waals surface area contributed by atoms with Crippen LogP contribution in [0.3, 0.4) is 0 Å². The molecular weight excluding hydrogens is 138 g/mol. The molecule has 0 radical (unpaired) electrons. The summed E-state index contributed by atoms with van der Waals surface area (Å²) in [6.45, 7) is 1.12. The summed E-state index contributed by atoms with van der Waals surface area (Å²) in [7, 11) is 0. The minimum atomic E-state index is -0.808. The van der Waals surface area contributed by atoms with Crippen LogP contribution in [0.15, 0.2) is 0 Å². The Morgan fingerprint density at radius 2 is 2.30 bits per heavy atom. The molecule has 0 aliphatic carbocycles. The Labute approximate surface area is 56.4 Å². The van der Waals surface area contributed by atoms with Crippen LogP contribution in [0.2, 0.25) is 0 Å². The van der Waals surface area contributed by atoms with Crippen LogP contribution < -0.4 is 5.48 Å². The number of nitrogens with zero attached hydrogens (tertiary/aromatic N) is 2. The van der Waals surface area contributed by atoms with E-state index in [1.807, 2.05) is 0 Å². The predicted molar refractivity (Wildman–Crippen MR) is 29.6 cm³/mol. The molecule has 54 valence electrons. The largest absolute Gasteiger partial charge is 0.361 e. The molecule has 0 bridgehead atoms. The molecular formula is C4H5N3O3. The van der Waals surface area contributed by atoms with Gasteiger partial charge in [-0.05, 0) is 0 Å². The molecule has 0 aliphatic rings. The van der Waals surface area contributed by atoms with E-state index in [0.717, 1.165) is 6.92 Å². The lowest BCUT2D eigenvalue weighted by Crippen LogP contribution is -2.26. The number of nitrogens with one attached hydrogen (secondary N) is 1. The molecule has 0 aromatic heterocycles. The molecule has 10 heavy (non-hydrogen) atoms. The molecule has 0 aliphatic heterocycles. The van der Waals surface area contributed by atoms with Gasteiger partial charge in [-0.1, -0.05) is 0 Å². The number of hydrogen-bond acceptors (Lipinski definition) is 3. The summed E-state index contributed by atoms with van der Waals surface area (Å²) in [5, 5.41) is 0. The fraction of sp³-hybridized carbons (Fsp3) is 0.250. The van der Waals surface area contributed by atoms with Gasteiger partial charge in [0.25, 0.3) is 0 Å². The molecule has 6 nitrogen and oxygen atoms in total. The SMILES string of the molecule is CC(=O)ONC(=O)C=[N+]=[N-]. The van der Waals surface area contributed by atoms with Gasteiger partial charge in [0.2, 0.25) is 0 Å². The molecule has 0 saturated carbocycles. The van der Waals surface area contributed by atoms with Crippen LogP contribution in [0.25, 0.3) is 5.53 Å². The molecule has 0 rings (SSSR count). The van der Waals surface area contributed by atoms with Gasteiger partial charge < -0.3 is 10.4 Å². The molecule has 0 saturated heterocycles. The Morgan fingerprint density at radius 1 is 1.70 bits per heavy atom. The zero-order valence-corrected chi connectivity index (χ0v) is 5.20. The highest BCUT2D eigenvalue weighted by molar-refractivity contribution is 6.23. The van der Waals surface area contributed by atoms with Crippen LogP contribution in [0, 0.1) is 0 Å². The first-order valence-electron chi connectivity index (χ1n) is 2.31. The highest BCUT2D eigenvalue weighted by Crippen LogP contribution is 1.66. The van der Waals surface area contributed by atoms with Gasteiger partial charge in [0.1, 0.15) is 0 Å². The van der Waals surface area contributed by atoms with E-state index in [2.05, 4.69) is 9.63 Å². The maximum atomic E-state index is 10.2. The number of rotatable bonds is 1. The summed E-state index contributed by atoms with van der Waals surface area (Å²) in [4.78, 5) is 26.7. The van der Waals surface area contributed by atoms with Crippen LogP contribution in [0.1, 0.15) is 6.92 Å². The van der Waals surface area contributed by atoms with Crippen molar-refractivity contribution < 1.29 is 19.2 Å². The van der Waals surface area contributed by atoms with E-state index in [-0.39, 0.29) is 0 Å². The molecule has 1 N–H and O–H groups in total. The lowest BCUT2D eigenvalue weighted by molar-refractivity contribution is -0.154. The second-order valence-electron chi connectivity index (χ2n) is 1.30. The normalized spacial score (nSPS) is 7.30. The highest BCUT2D eigenvalue weighted by atomic mass is 16.7. The van der Waals surface area contributed by atoms with Crippen molar-refractivity contribution in [1.82, 2.24) is 5.48 Å². The Kier molecular flexibility index (Phi) is 3.51. The van der Waals surface area contributed by atoms with Gasteiger partial charge in [0.15, 0.2) is 0 Å². The number of amides is 1. The van der Waals surface area contributed by atoms with Crippen molar-refractivity contribution in [3.05, 3.63) is 5.53 Å². The van der Waals surface area contributed by atoms with Crippen molar-refractivity contribution in [2.45, 2.75) is 6.92 Å². The zero-order valence-electron chi connectivity index (χ0n) is 5.20. The fourth-order valence-corrected chi connectivity index (χ4v) is 0.201. The summed E-state index contributed by atoms with van der Waals surface area (Å²) in [5.41, 5.74) is 9.46. The quantitative estimate of drug-likeness (QED) is 0.218. The van der Waals surface area contributed by atoms with E-state index < -0.39 is 11.9 Å². The van der Waals surface area contributed by atoms with E-state index in [1.54, 1.807) is 5.48 Å². The smallest absolute Gasteiger partial charge is 0.358 e. The average Bonchev–Trinajstić information content (AvgIpc) is 1.85. The van der Waals surface area contributed by atoms with E-state index in [1.165, 1.54) is 0 Å². The van der Waals surface area contributed by atoms with E-state index in [9.17, 15) is 9.59 Å². The predicted octanol–water partition coefficient (Wildman–Crippen LogP) is -1.12. The minimum Gasteiger partial charge on any atom is -0.361 e. The Bertz CT molecular complexity index is 194. The van der Waals surface area contributed by atoms with Gasteiger partial charge in [-0.25, -0.2) is 0 Å². The summed E-state index contributed by atoms with van der Waals surface area (Å²) < 4.78 is 0. The zero-order chi connectivity index (χ0) is 7.98. The Balaban J connectivity index is 3.60. The highest BCUT2D eigenvalue weighted by Gasteiger charge is 2.01. The summed E-state index contributed by atoms with van der Waals surface area (Å²) >= 11 is 0. The number of hydrogen-bond donors (Lipinski definition) is 1. The first-order chi connectivity index (χ1) is 4.66. The lowest BCUT2D eigenvalue weighted by atomic mass is 10.7. The van der Waals surface area contributed by atoms with E-state index in [4.69, 9.17) is 5.53 Å². The maximum Gasteiger partial charge on any atom is 0.358 e. The van der Waals surface area contributed by atoms with Crippen LogP contribution in [0.4, 0.5) is 0 Å². The number of carbonyl (C=O) groups excluding carboxylic acids is 2. The molecule has 6 heteroatoms. The topological polar surface area (TPSA) is 91.8 Å². The third-order valence-electron chi connectivity index (χ3n) is 0.470. The molecule has 0 spiro atoms. The van der Waals surface area contributed by atoms with Crippen molar-refractivity contribution in [3.8, 4) is 0 Å². The fourth-order valence-electron chi connectivity index (χ4n) is 0.201. The molecule has 0 aromatic carbocycles. The van der Waals surface area contributed by atoms with Crippen molar-refractivity contribution in [2.75, 3.05) is 0 Å². The van der Waals surface area contributed by atoms with Gasteiger partial charge in [-0.15, -0.1) is 0 Å². The molecule has 1 amide bonds. The number of carbonyl (C=O) groups is 2. The monoisotopic (exact) mass is 143 g/mol. The van der Waals surface area contributed by atoms with Gasteiger partial charge in [-0.3, -0.25) is 9.59 Å². The van der Waals surface area contributed by atoms with E-state index >= 15 is 0 Å². The summed E-state index contributed by atoms with van der Waals surface area (Å²) in [5.74, 6) is -1.46. The Hall–Kier alpha value is -1.68. The lowest BCUT2D eigenvalue weighted by Gasteiger charge is -1.94. The second-order valence-corrected chi connectivity index (χ2v) is 1.30.